The second-order valence-corrected chi connectivity index (χ2v) is 6.52. The van der Waals surface area contributed by atoms with Crippen molar-refractivity contribution in [3.8, 4) is 0 Å². The van der Waals surface area contributed by atoms with Crippen molar-refractivity contribution in [3.63, 3.8) is 0 Å². The van der Waals surface area contributed by atoms with E-state index in [2.05, 4.69) is 10.2 Å². The molecule has 1 atom stereocenters. The van der Waals surface area contributed by atoms with Gasteiger partial charge in [-0.1, -0.05) is 30.3 Å². The first-order chi connectivity index (χ1) is 12.9. The van der Waals surface area contributed by atoms with Crippen LogP contribution in [-0.4, -0.2) is 28.1 Å². The summed E-state index contributed by atoms with van der Waals surface area (Å²) in [6, 6.07) is 12.3. The summed E-state index contributed by atoms with van der Waals surface area (Å²) in [6.45, 7) is 5.44. The van der Waals surface area contributed by atoms with Crippen molar-refractivity contribution in [2.45, 2.75) is 33.3 Å². The van der Waals surface area contributed by atoms with Gasteiger partial charge in [0.25, 0.3) is 5.56 Å². The molecule has 0 spiro atoms. The van der Waals surface area contributed by atoms with Crippen LogP contribution in [0.25, 0.3) is 10.8 Å². The number of carbonyl (C=O) groups excluding carboxylic acids is 2. The van der Waals surface area contributed by atoms with Crippen LogP contribution in [0.2, 0.25) is 0 Å². The fourth-order valence-corrected chi connectivity index (χ4v) is 2.86. The van der Waals surface area contributed by atoms with Crippen LogP contribution in [0.3, 0.4) is 0 Å². The molecule has 0 bridgehead atoms. The van der Waals surface area contributed by atoms with E-state index in [9.17, 15) is 14.4 Å². The van der Waals surface area contributed by atoms with E-state index in [1.54, 1.807) is 43.3 Å². The highest BCUT2D eigenvalue weighted by Crippen LogP contribution is 2.15. The first-order valence-corrected chi connectivity index (χ1v) is 8.64. The molecule has 0 radical (unpaired) electrons. The number of carbonyl (C=O) groups is 2. The molecule has 3 rings (SSSR count). The number of nitrogens with one attached hydrogen (secondary N) is 1. The molecule has 1 N–H and O–H groups in total. The van der Waals surface area contributed by atoms with Crippen molar-refractivity contribution in [1.82, 2.24) is 10.2 Å². The molecule has 2 aromatic carbocycles. The first kappa shape index (κ1) is 18.5. The fraction of sp³-hybridized carbons (Fsp3) is 0.238. The average molecular weight is 364 g/mol. The molecular formula is C21H20N2O4. The van der Waals surface area contributed by atoms with Gasteiger partial charge in [0, 0.05) is 10.9 Å². The standard InChI is InChI=1S/C21H20N2O4/c1-12-8-9-15(10-13(12)2)20(25)14(3)27-19(24)11-18-16-6-4-5-7-17(16)21(26)23-22-18/h4-10,14H,11H2,1-3H3,(H,23,26)/t14-/m1/s1. The van der Waals surface area contributed by atoms with Crippen LogP contribution in [0.5, 0.6) is 0 Å². The molecule has 0 aliphatic carbocycles. The third kappa shape index (κ3) is 3.95. The number of esters is 1. The van der Waals surface area contributed by atoms with Crippen molar-refractivity contribution in [1.29, 1.82) is 0 Å². The van der Waals surface area contributed by atoms with E-state index in [0.717, 1.165) is 11.1 Å². The second kappa shape index (κ2) is 7.53. The lowest BCUT2D eigenvalue weighted by molar-refractivity contribution is -0.145. The highest BCUT2D eigenvalue weighted by atomic mass is 16.5. The van der Waals surface area contributed by atoms with Gasteiger partial charge < -0.3 is 4.74 Å². The summed E-state index contributed by atoms with van der Waals surface area (Å²) < 4.78 is 5.30. The normalized spacial score (nSPS) is 12.0. The number of aromatic nitrogens is 2. The van der Waals surface area contributed by atoms with Gasteiger partial charge in [0.1, 0.15) is 0 Å². The highest BCUT2D eigenvalue weighted by Gasteiger charge is 2.21. The fourth-order valence-electron chi connectivity index (χ4n) is 2.86. The molecule has 6 nitrogen and oxygen atoms in total. The van der Waals surface area contributed by atoms with E-state index in [1.807, 2.05) is 19.9 Å². The summed E-state index contributed by atoms with van der Waals surface area (Å²) in [6.07, 6.45) is -1.05. The van der Waals surface area contributed by atoms with Gasteiger partial charge >= 0.3 is 5.97 Å². The maximum Gasteiger partial charge on any atom is 0.312 e. The SMILES string of the molecule is Cc1ccc(C(=O)[C@@H](C)OC(=O)Cc2n[nH]c(=O)c3ccccc23)cc1C. The molecule has 0 unspecified atom stereocenters. The number of rotatable bonds is 5. The molecule has 0 aliphatic rings. The van der Waals surface area contributed by atoms with E-state index in [-0.39, 0.29) is 17.8 Å². The van der Waals surface area contributed by atoms with Gasteiger partial charge in [-0.25, -0.2) is 5.10 Å². The lowest BCUT2D eigenvalue weighted by Gasteiger charge is -2.13. The van der Waals surface area contributed by atoms with Gasteiger partial charge in [-0.3, -0.25) is 14.4 Å². The Balaban J connectivity index is 1.74. The van der Waals surface area contributed by atoms with Crippen LogP contribution >= 0.6 is 0 Å². The predicted molar refractivity (Wildman–Crippen MR) is 102 cm³/mol. The molecule has 0 saturated heterocycles. The molecule has 138 valence electrons. The minimum atomic E-state index is -0.909. The number of aryl methyl sites for hydroxylation is 2. The zero-order chi connectivity index (χ0) is 19.6. The zero-order valence-corrected chi connectivity index (χ0v) is 15.4. The molecule has 1 heterocycles. The largest absolute Gasteiger partial charge is 0.454 e. The van der Waals surface area contributed by atoms with Crippen LogP contribution in [0.1, 0.15) is 34.1 Å². The Bertz CT molecular complexity index is 1080. The molecule has 27 heavy (non-hydrogen) atoms. The number of ether oxygens (including phenoxy) is 1. The van der Waals surface area contributed by atoms with E-state index >= 15 is 0 Å². The first-order valence-electron chi connectivity index (χ1n) is 8.64. The smallest absolute Gasteiger partial charge is 0.312 e. The Morgan fingerprint density at radius 1 is 1.07 bits per heavy atom. The quantitative estimate of drug-likeness (QED) is 0.555. The van der Waals surface area contributed by atoms with Gasteiger partial charge in [0.05, 0.1) is 17.5 Å². The van der Waals surface area contributed by atoms with Crippen molar-refractivity contribution < 1.29 is 14.3 Å². The Morgan fingerprint density at radius 3 is 2.48 bits per heavy atom. The Hall–Kier alpha value is -3.28. The lowest BCUT2D eigenvalue weighted by atomic mass is 10.0. The molecule has 6 heteroatoms. The van der Waals surface area contributed by atoms with Gasteiger partial charge in [0.2, 0.25) is 5.78 Å². The van der Waals surface area contributed by atoms with Crippen molar-refractivity contribution in [2.75, 3.05) is 0 Å². The summed E-state index contributed by atoms with van der Waals surface area (Å²) >= 11 is 0. The number of ketones is 1. The summed E-state index contributed by atoms with van der Waals surface area (Å²) in [4.78, 5) is 36.6. The summed E-state index contributed by atoms with van der Waals surface area (Å²) in [5.74, 6) is -0.838. The molecular weight excluding hydrogens is 344 g/mol. The molecule has 0 aliphatic heterocycles. The topological polar surface area (TPSA) is 89.1 Å². The molecule has 1 aromatic heterocycles. The van der Waals surface area contributed by atoms with Crippen LogP contribution in [0, 0.1) is 13.8 Å². The van der Waals surface area contributed by atoms with Crippen molar-refractivity contribution in [2.24, 2.45) is 0 Å². The number of Topliss-reactive ketones (excluding diaryl/α,β-unsaturated/α-hetero) is 1. The van der Waals surface area contributed by atoms with E-state index in [4.69, 9.17) is 4.74 Å². The maximum atomic E-state index is 12.5. The number of aromatic amines is 1. The number of hydrogen-bond acceptors (Lipinski definition) is 5. The number of benzene rings is 2. The van der Waals surface area contributed by atoms with Gasteiger partial charge in [-0.15, -0.1) is 0 Å². The molecule has 0 fully saturated rings. The van der Waals surface area contributed by atoms with E-state index < -0.39 is 12.1 Å². The Morgan fingerprint density at radius 2 is 1.78 bits per heavy atom. The predicted octanol–water partition coefficient (Wildman–Crippen LogP) is 2.90. The Kier molecular flexibility index (Phi) is 5.16. The number of H-pyrrole nitrogens is 1. The second-order valence-electron chi connectivity index (χ2n) is 6.52. The van der Waals surface area contributed by atoms with Crippen molar-refractivity contribution in [3.05, 3.63) is 75.2 Å². The summed E-state index contributed by atoms with van der Waals surface area (Å²) in [7, 11) is 0. The minimum absolute atomic E-state index is 0.137. The van der Waals surface area contributed by atoms with Crippen LogP contribution in [0.4, 0.5) is 0 Å². The lowest BCUT2D eigenvalue weighted by Crippen LogP contribution is -2.26. The van der Waals surface area contributed by atoms with Crippen LogP contribution < -0.4 is 5.56 Å². The minimum Gasteiger partial charge on any atom is -0.454 e. The zero-order valence-electron chi connectivity index (χ0n) is 15.4. The monoisotopic (exact) mass is 364 g/mol. The summed E-state index contributed by atoms with van der Waals surface area (Å²) in [5, 5.41) is 7.38. The third-order valence-electron chi connectivity index (χ3n) is 4.56. The number of fused-ring (bicyclic) bond motifs is 1. The highest BCUT2D eigenvalue weighted by molar-refractivity contribution is 6.00. The van der Waals surface area contributed by atoms with Gasteiger partial charge in [-0.2, -0.15) is 5.10 Å². The van der Waals surface area contributed by atoms with Gasteiger partial charge in [0.15, 0.2) is 6.10 Å². The number of hydrogen-bond donors (Lipinski definition) is 1. The molecule has 3 aromatic rings. The van der Waals surface area contributed by atoms with Crippen molar-refractivity contribution >= 4 is 22.5 Å². The molecule has 0 amide bonds. The average Bonchev–Trinajstić information content (AvgIpc) is 2.66. The van der Waals surface area contributed by atoms with Crippen LogP contribution in [0.15, 0.2) is 47.3 Å². The van der Waals surface area contributed by atoms with Gasteiger partial charge in [-0.05, 0) is 44.0 Å². The molecule has 0 saturated carbocycles. The summed E-state index contributed by atoms with van der Waals surface area (Å²) in [5.41, 5.74) is 2.68. The Labute approximate surface area is 156 Å². The van der Waals surface area contributed by atoms with E-state index in [1.165, 1.54) is 0 Å². The van der Waals surface area contributed by atoms with Crippen LogP contribution in [-0.2, 0) is 16.0 Å². The third-order valence-corrected chi connectivity index (χ3v) is 4.56. The maximum absolute atomic E-state index is 12.5. The van der Waals surface area contributed by atoms with E-state index in [0.29, 0.717) is 22.0 Å². The number of nitrogens with zero attached hydrogens (tertiary/aromatic N) is 1.